The summed E-state index contributed by atoms with van der Waals surface area (Å²) in [5.41, 5.74) is 1.89. The van der Waals surface area contributed by atoms with Gasteiger partial charge >= 0.3 is 6.09 Å². The normalized spacial score (nSPS) is 13.0. The number of ether oxygens (including phenoxy) is 1. The van der Waals surface area contributed by atoms with Gasteiger partial charge < -0.3 is 20.4 Å². The quantitative estimate of drug-likeness (QED) is 0.763. The van der Waals surface area contributed by atoms with Crippen LogP contribution in [0.2, 0.25) is 0 Å². The second kappa shape index (κ2) is 7.51. The number of carbonyl (C=O) groups is 1. The Morgan fingerprint density at radius 2 is 2.09 bits per heavy atom. The molecule has 1 heterocycles. The van der Waals surface area contributed by atoms with E-state index in [-0.39, 0.29) is 12.1 Å². The minimum absolute atomic E-state index is 0.210. The van der Waals surface area contributed by atoms with Crippen LogP contribution in [0.4, 0.5) is 4.79 Å². The molecule has 5 nitrogen and oxygen atoms in total. The zero-order valence-electron chi connectivity index (χ0n) is 14.4. The Bertz CT molecular complexity index is 643. The number of carbonyl (C=O) groups excluding carboxylic acids is 1. The van der Waals surface area contributed by atoms with Gasteiger partial charge in [-0.05, 0) is 50.3 Å². The van der Waals surface area contributed by atoms with Crippen LogP contribution in [-0.4, -0.2) is 29.3 Å². The van der Waals surface area contributed by atoms with Crippen molar-refractivity contribution in [3.63, 3.8) is 0 Å². The molecule has 1 aromatic heterocycles. The van der Waals surface area contributed by atoms with Crippen molar-refractivity contribution in [2.45, 2.75) is 52.3 Å². The molecule has 0 radical (unpaired) electrons. The number of hydrogen-bond acceptors (Lipinski definition) is 3. The van der Waals surface area contributed by atoms with Gasteiger partial charge in [0.05, 0.1) is 0 Å². The second-order valence-corrected chi connectivity index (χ2v) is 6.77. The summed E-state index contributed by atoms with van der Waals surface area (Å²) in [6.07, 6.45) is 2.51. The average Bonchev–Trinajstić information content (AvgIpc) is 2.93. The molecule has 23 heavy (non-hydrogen) atoms. The van der Waals surface area contributed by atoms with Gasteiger partial charge in [-0.15, -0.1) is 0 Å². The first-order valence-corrected chi connectivity index (χ1v) is 8.13. The van der Waals surface area contributed by atoms with E-state index in [4.69, 9.17) is 4.74 Å². The summed E-state index contributed by atoms with van der Waals surface area (Å²) >= 11 is 0. The van der Waals surface area contributed by atoms with E-state index in [0.717, 1.165) is 18.5 Å². The maximum absolute atomic E-state index is 11.7. The number of alkyl carbamates (subject to hydrolysis) is 1. The highest BCUT2D eigenvalue weighted by Crippen LogP contribution is 2.14. The molecule has 126 valence electrons. The first-order valence-electron chi connectivity index (χ1n) is 8.13. The lowest BCUT2D eigenvalue weighted by atomic mass is 10.1. The lowest BCUT2D eigenvalue weighted by molar-refractivity contribution is 0.0522. The van der Waals surface area contributed by atoms with Gasteiger partial charge in [0.15, 0.2) is 0 Å². The Labute approximate surface area is 137 Å². The van der Waals surface area contributed by atoms with E-state index in [1.54, 1.807) is 0 Å². The van der Waals surface area contributed by atoms with Gasteiger partial charge in [0.2, 0.25) is 0 Å². The third-order valence-electron chi connectivity index (χ3n) is 3.60. The Balaban J connectivity index is 1.81. The Morgan fingerprint density at radius 3 is 2.78 bits per heavy atom. The van der Waals surface area contributed by atoms with Gasteiger partial charge in [0, 0.05) is 30.8 Å². The predicted molar refractivity (Wildman–Crippen MR) is 93.5 cm³/mol. The van der Waals surface area contributed by atoms with Crippen molar-refractivity contribution in [2.24, 2.45) is 0 Å². The fraction of sp³-hybridized carbons (Fsp3) is 0.500. The first kappa shape index (κ1) is 17.3. The van der Waals surface area contributed by atoms with Crippen LogP contribution >= 0.6 is 0 Å². The zero-order valence-corrected chi connectivity index (χ0v) is 14.4. The molecule has 3 N–H and O–H groups in total. The van der Waals surface area contributed by atoms with Crippen LogP contribution in [-0.2, 0) is 11.3 Å². The summed E-state index contributed by atoms with van der Waals surface area (Å²) in [7, 11) is 0. The molecule has 0 saturated heterocycles. The van der Waals surface area contributed by atoms with Crippen molar-refractivity contribution >= 4 is 17.0 Å². The van der Waals surface area contributed by atoms with Crippen LogP contribution in [0.5, 0.6) is 0 Å². The molecule has 1 aromatic carbocycles. The molecule has 1 amide bonds. The smallest absolute Gasteiger partial charge is 0.407 e. The molecule has 1 atom stereocenters. The zero-order chi connectivity index (χ0) is 16.9. The molecule has 1 unspecified atom stereocenters. The Morgan fingerprint density at radius 1 is 1.30 bits per heavy atom. The molecule has 0 bridgehead atoms. The number of aromatic amines is 1. The molecule has 0 saturated carbocycles. The Kier molecular flexibility index (Phi) is 5.66. The van der Waals surface area contributed by atoms with Gasteiger partial charge in [0.25, 0.3) is 0 Å². The molecule has 0 aliphatic carbocycles. The topological polar surface area (TPSA) is 66.2 Å². The third kappa shape index (κ3) is 5.60. The molecule has 0 spiro atoms. The van der Waals surface area contributed by atoms with Crippen molar-refractivity contribution in [1.82, 2.24) is 15.6 Å². The standard InChI is InChI=1S/C18H27N3O2/c1-5-15(12-21-17(22)23-18(2,3)4)20-11-13-6-7-14-8-9-19-16(14)10-13/h6-10,15,19-20H,5,11-12H2,1-4H3,(H,21,22). The van der Waals surface area contributed by atoms with Gasteiger partial charge in [-0.2, -0.15) is 0 Å². The number of hydrogen-bond donors (Lipinski definition) is 3. The molecule has 0 fully saturated rings. The fourth-order valence-electron chi connectivity index (χ4n) is 2.35. The third-order valence-corrected chi connectivity index (χ3v) is 3.60. The van der Waals surface area contributed by atoms with Gasteiger partial charge in [-0.3, -0.25) is 0 Å². The summed E-state index contributed by atoms with van der Waals surface area (Å²) in [5.74, 6) is 0. The maximum atomic E-state index is 11.7. The summed E-state index contributed by atoms with van der Waals surface area (Å²) in [4.78, 5) is 14.9. The number of amides is 1. The molecular formula is C18H27N3O2. The first-order chi connectivity index (χ1) is 10.9. The number of aromatic nitrogens is 1. The van der Waals surface area contributed by atoms with Crippen molar-refractivity contribution in [3.05, 3.63) is 36.0 Å². The van der Waals surface area contributed by atoms with E-state index in [2.05, 4.69) is 46.8 Å². The largest absolute Gasteiger partial charge is 0.444 e. The SMILES string of the molecule is CCC(CNC(=O)OC(C)(C)C)NCc1ccc2cc[nH]c2c1. The van der Waals surface area contributed by atoms with Crippen LogP contribution in [0.1, 0.15) is 39.7 Å². The molecular weight excluding hydrogens is 290 g/mol. The number of fused-ring (bicyclic) bond motifs is 1. The lowest BCUT2D eigenvalue weighted by Crippen LogP contribution is -2.42. The van der Waals surface area contributed by atoms with E-state index < -0.39 is 5.60 Å². The monoisotopic (exact) mass is 317 g/mol. The van der Waals surface area contributed by atoms with E-state index in [9.17, 15) is 4.79 Å². The van der Waals surface area contributed by atoms with Crippen molar-refractivity contribution in [1.29, 1.82) is 0 Å². The minimum atomic E-state index is -0.468. The molecule has 2 aromatic rings. The summed E-state index contributed by atoms with van der Waals surface area (Å²) in [6, 6.07) is 8.66. The molecule has 5 heteroatoms. The van der Waals surface area contributed by atoms with Crippen LogP contribution in [0.3, 0.4) is 0 Å². The summed E-state index contributed by atoms with van der Waals surface area (Å²) < 4.78 is 5.25. The number of rotatable bonds is 6. The van der Waals surface area contributed by atoms with E-state index in [1.165, 1.54) is 10.9 Å². The van der Waals surface area contributed by atoms with Crippen LogP contribution in [0.25, 0.3) is 10.9 Å². The van der Waals surface area contributed by atoms with Crippen LogP contribution < -0.4 is 10.6 Å². The average molecular weight is 317 g/mol. The summed E-state index contributed by atoms with van der Waals surface area (Å²) in [6.45, 7) is 9.00. The van der Waals surface area contributed by atoms with Crippen molar-refractivity contribution in [3.8, 4) is 0 Å². The van der Waals surface area contributed by atoms with Gasteiger partial charge in [-0.1, -0.05) is 19.1 Å². The highest BCUT2D eigenvalue weighted by atomic mass is 16.6. The highest BCUT2D eigenvalue weighted by molar-refractivity contribution is 5.79. The predicted octanol–water partition coefficient (Wildman–Crippen LogP) is 3.56. The second-order valence-electron chi connectivity index (χ2n) is 6.77. The van der Waals surface area contributed by atoms with Crippen LogP contribution in [0.15, 0.2) is 30.5 Å². The molecule has 0 aliphatic rings. The maximum Gasteiger partial charge on any atom is 0.407 e. The molecule has 0 aliphatic heterocycles. The highest BCUT2D eigenvalue weighted by Gasteiger charge is 2.16. The van der Waals surface area contributed by atoms with Crippen molar-refractivity contribution < 1.29 is 9.53 Å². The van der Waals surface area contributed by atoms with E-state index in [1.807, 2.05) is 27.0 Å². The Hall–Kier alpha value is -2.01. The van der Waals surface area contributed by atoms with E-state index in [0.29, 0.717) is 6.54 Å². The lowest BCUT2D eigenvalue weighted by Gasteiger charge is -2.22. The van der Waals surface area contributed by atoms with Crippen LogP contribution in [0, 0.1) is 0 Å². The number of benzene rings is 1. The fourth-order valence-corrected chi connectivity index (χ4v) is 2.35. The number of H-pyrrole nitrogens is 1. The van der Waals surface area contributed by atoms with Crippen molar-refractivity contribution in [2.75, 3.05) is 6.54 Å². The van der Waals surface area contributed by atoms with E-state index >= 15 is 0 Å². The summed E-state index contributed by atoms with van der Waals surface area (Å²) in [5, 5.41) is 7.51. The van der Waals surface area contributed by atoms with Gasteiger partial charge in [0.1, 0.15) is 5.60 Å². The van der Waals surface area contributed by atoms with Gasteiger partial charge in [-0.25, -0.2) is 4.79 Å². The molecule has 2 rings (SSSR count). The minimum Gasteiger partial charge on any atom is -0.444 e. The number of nitrogens with one attached hydrogen (secondary N) is 3.